The standard InChI is InChI=1S/C8H11N3O3S/c1-10-7(12)5-15(13,14)8-6(9)3-2-4-11-8/h2-4H,5,9H2,1H3,(H,10,12). The van der Waals surface area contributed by atoms with Crippen LogP contribution < -0.4 is 11.1 Å². The van der Waals surface area contributed by atoms with Crippen molar-refractivity contribution in [1.82, 2.24) is 10.3 Å². The molecule has 0 saturated carbocycles. The van der Waals surface area contributed by atoms with Gasteiger partial charge in [0.25, 0.3) is 0 Å². The minimum atomic E-state index is -3.75. The van der Waals surface area contributed by atoms with Crippen molar-refractivity contribution in [3.8, 4) is 0 Å². The number of sulfone groups is 1. The lowest BCUT2D eigenvalue weighted by atomic mass is 10.4. The summed E-state index contributed by atoms with van der Waals surface area (Å²) in [6.45, 7) is 0. The summed E-state index contributed by atoms with van der Waals surface area (Å²) in [6.07, 6.45) is 1.31. The largest absolute Gasteiger partial charge is 0.396 e. The van der Waals surface area contributed by atoms with Crippen molar-refractivity contribution in [2.24, 2.45) is 0 Å². The Balaban J connectivity index is 3.07. The molecule has 7 heteroatoms. The molecule has 1 rings (SSSR count). The van der Waals surface area contributed by atoms with E-state index in [9.17, 15) is 13.2 Å². The van der Waals surface area contributed by atoms with Crippen LogP contribution in [0.15, 0.2) is 23.4 Å². The molecule has 0 saturated heterocycles. The number of rotatable bonds is 3. The third-order valence-corrected chi connectivity index (χ3v) is 3.27. The zero-order valence-electron chi connectivity index (χ0n) is 8.10. The van der Waals surface area contributed by atoms with Gasteiger partial charge in [-0.2, -0.15) is 0 Å². The maximum Gasteiger partial charge on any atom is 0.235 e. The van der Waals surface area contributed by atoms with Crippen molar-refractivity contribution in [3.05, 3.63) is 18.3 Å². The topological polar surface area (TPSA) is 102 Å². The second-order valence-corrected chi connectivity index (χ2v) is 4.73. The van der Waals surface area contributed by atoms with Crippen molar-refractivity contribution in [3.63, 3.8) is 0 Å². The second-order valence-electron chi connectivity index (χ2n) is 2.83. The number of carbonyl (C=O) groups excluding carboxylic acids is 1. The van der Waals surface area contributed by atoms with E-state index in [0.29, 0.717) is 0 Å². The molecule has 1 amide bonds. The zero-order chi connectivity index (χ0) is 11.5. The van der Waals surface area contributed by atoms with Gasteiger partial charge >= 0.3 is 0 Å². The number of nitrogens with two attached hydrogens (primary N) is 1. The highest BCUT2D eigenvalue weighted by Crippen LogP contribution is 2.15. The van der Waals surface area contributed by atoms with Gasteiger partial charge in [-0.05, 0) is 12.1 Å². The van der Waals surface area contributed by atoms with Gasteiger partial charge in [0.2, 0.25) is 15.7 Å². The lowest BCUT2D eigenvalue weighted by Crippen LogP contribution is -2.27. The van der Waals surface area contributed by atoms with Crippen LogP contribution in [0.1, 0.15) is 0 Å². The number of aromatic nitrogens is 1. The highest BCUT2D eigenvalue weighted by atomic mass is 32.2. The highest BCUT2D eigenvalue weighted by molar-refractivity contribution is 7.92. The molecule has 1 heterocycles. The van der Waals surface area contributed by atoms with Gasteiger partial charge in [-0.3, -0.25) is 4.79 Å². The van der Waals surface area contributed by atoms with Crippen molar-refractivity contribution in [1.29, 1.82) is 0 Å². The van der Waals surface area contributed by atoms with Crippen molar-refractivity contribution >= 4 is 21.4 Å². The summed E-state index contributed by atoms with van der Waals surface area (Å²) in [5, 5.41) is 1.97. The van der Waals surface area contributed by atoms with Gasteiger partial charge in [0.1, 0.15) is 5.75 Å². The zero-order valence-corrected chi connectivity index (χ0v) is 8.91. The Morgan fingerprint density at radius 1 is 1.60 bits per heavy atom. The van der Waals surface area contributed by atoms with Gasteiger partial charge in [0.05, 0.1) is 5.69 Å². The minimum absolute atomic E-state index is 0.0430. The van der Waals surface area contributed by atoms with Crippen LogP contribution in [0.25, 0.3) is 0 Å². The van der Waals surface area contributed by atoms with Gasteiger partial charge < -0.3 is 11.1 Å². The number of amides is 1. The van der Waals surface area contributed by atoms with Gasteiger partial charge in [0.15, 0.2) is 5.03 Å². The van der Waals surface area contributed by atoms with E-state index < -0.39 is 21.5 Å². The first-order valence-corrected chi connectivity index (χ1v) is 5.76. The smallest absolute Gasteiger partial charge is 0.235 e. The molecule has 0 atom stereocenters. The number of hydrogen-bond acceptors (Lipinski definition) is 5. The molecule has 0 aliphatic rings. The Kier molecular flexibility index (Phi) is 3.25. The maximum atomic E-state index is 11.6. The summed E-state index contributed by atoms with van der Waals surface area (Å²) < 4.78 is 23.2. The average Bonchev–Trinajstić information content (AvgIpc) is 2.17. The summed E-state index contributed by atoms with van der Waals surface area (Å²) in [4.78, 5) is 14.6. The fraction of sp³-hybridized carbons (Fsp3) is 0.250. The number of nitrogen functional groups attached to an aromatic ring is 1. The van der Waals surface area contributed by atoms with E-state index in [4.69, 9.17) is 5.73 Å². The lowest BCUT2D eigenvalue weighted by molar-refractivity contribution is -0.118. The number of nitrogens with zero attached hydrogens (tertiary/aromatic N) is 1. The fourth-order valence-electron chi connectivity index (χ4n) is 0.976. The molecule has 0 aliphatic heterocycles. The van der Waals surface area contributed by atoms with E-state index in [2.05, 4.69) is 10.3 Å². The van der Waals surface area contributed by atoms with Crippen LogP contribution >= 0.6 is 0 Å². The Hall–Kier alpha value is -1.63. The molecule has 3 N–H and O–H groups in total. The molecular formula is C8H11N3O3S. The summed E-state index contributed by atoms with van der Waals surface area (Å²) in [5.74, 6) is -1.25. The third-order valence-electron chi connectivity index (χ3n) is 1.70. The van der Waals surface area contributed by atoms with E-state index in [0.717, 1.165) is 0 Å². The Morgan fingerprint density at radius 2 is 2.27 bits per heavy atom. The Bertz CT molecular complexity index is 470. The van der Waals surface area contributed by atoms with Crippen LogP contribution in [0, 0.1) is 0 Å². The van der Waals surface area contributed by atoms with Crippen LogP contribution in [0.4, 0.5) is 5.69 Å². The monoisotopic (exact) mass is 229 g/mol. The van der Waals surface area contributed by atoms with Crippen LogP contribution in [0.3, 0.4) is 0 Å². The van der Waals surface area contributed by atoms with Crippen LogP contribution in [-0.2, 0) is 14.6 Å². The summed E-state index contributed by atoms with van der Waals surface area (Å²) in [7, 11) is -2.39. The first-order chi connectivity index (χ1) is 6.97. The van der Waals surface area contributed by atoms with E-state index >= 15 is 0 Å². The maximum absolute atomic E-state index is 11.6. The molecule has 0 spiro atoms. The first-order valence-electron chi connectivity index (χ1n) is 4.11. The lowest BCUT2D eigenvalue weighted by Gasteiger charge is -2.04. The molecule has 0 unspecified atom stereocenters. The second kappa shape index (κ2) is 4.26. The highest BCUT2D eigenvalue weighted by Gasteiger charge is 2.22. The number of pyridine rings is 1. The molecule has 0 radical (unpaired) electrons. The normalized spacial score (nSPS) is 11.0. The molecule has 1 aromatic heterocycles. The van der Waals surface area contributed by atoms with Gasteiger partial charge in [-0.25, -0.2) is 13.4 Å². The van der Waals surface area contributed by atoms with Crippen LogP contribution in [0.2, 0.25) is 0 Å². The number of anilines is 1. The van der Waals surface area contributed by atoms with Gasteiger partial charge in [-0.1, -0.05) is 0 Å². The molecular weight excluding hydrogens is 218 g/mol. The van der Waals surface area contributed by atoms with E-state index in [1.165, 1.54) is 25.4 Å². The van der Waals surface area contributed by atoms with E-state index in [1.807, 2.05) is 0 Å². The average molecular weight is 229 g/mol. The number of carbonyl (C=O) groups is 1. The molecule has 6 nitrogen and oxygen atoms in total. The quantitative estimate of drug-likeness (QED) is 0.705. The number of hydrogen-bond donors (Lipinski definition) is 2. The number of nitrogens with one attached hydrogen (secondary N) is 1. The Morgan fingerprint density at radius 3 is 2.80 bits per heavy atom. The van der Waals surface area contributed by atoms with E-state index in [-0.39, 0.29) is 10.7 Å². The molecule has 0 fully saturated rings. The molecule has 82 valence electrons. The van der Waals surface area contributed by atoms with Gasteiger partial charge in [0, 0.05) is 13.2 Å². The fourth-order valence-corrected chi connectivity index (χ4v) is 2.25. The Labute approximate surface area is 87.4 Å². The summed E-state index contributed by atoms with van der Waals surface area (Å²) in [6, 6.07) is 2.94. The molecule has 1 aromatic rings. The van der Waals surface area contributed by atoms with E-state index in [1.54, 1.807) is 0 Å². The first kappa shape index (κ1) is 11.4. The van der Waals surface area contributed by atoms with Crippen LogP contribution in [-0.4, -0.2) is 32.1 Å². The third kappa shape index (κ3) is 2.66. The molecule has 0 bridgehead atoms. The van der Waals surface area contributed by atoms with Crippen molar-refractivity contribution in [2.75, 3.05) is 18.5 Å². The van der Waals surface area contributed by atoms with Crippen molar-refractivity contribution < 1.29 is 13.2 Å². The summed E-state index contributed by atoms with van der Waals surface area (Å²) in [5.41, 5.74) is 5.49. The molecule has 15 heavy (non-hydrogen) atoms. The van der Waals surface area contributed by atoms with Crippen molar-refractivity contribution in [2.45, 2.75) is 5.03 Å². The van der Waals surface area contributed by atoms with Gasteiger partial charge in [-0.15, -0.1) is 0 Å². The van der Waals surface area contributed by atoms with Crippen LogP contribution in [0.5, 0.6) is 0 Å². The predicted molar refractivity (Wildman–Crippen MR) is 54.8 cm³/mol. The SMILES string of the molecule is CNC(=O)CS(=O)(=O)c1ncccc1N. The molecule has 0 aromatic carbocycles. The molecule has 0 aliphatic carbocycles. The summed E-state index contributed by atoms with van der Waals surface area (Å²) >= 11 is 0. The predicted octanol–water partition coefficient (Wildman–Crippen LogP) is -0.816. The minimum Gasteiger partial charge on any atom is -0.396 e.